The molecule has 0 aromatic carbocycles. The highest BCUT2D eigenvalue weighted by Crippen LogP contribution is 2.28. The van der Waals surface area contributed by atoms with Crippen molar-refractivity contribution in [2.24, 2.45) is 0 Å². The zero-order valence-electron chi connectivity index (χ0n) is 13.5. The Labute approximate surface area is 140 Å². The summed E-state index contributed by atoms with van der Waals surface area (Å²) in [4.78, 5) is 15.4. The van der Waals surface area contributed by atoms with Crippen LogP contribution in [0.4, 0.5) is 10.2 Å². The predicted molar refractivity (Wildman–Crippen MR) is 89.5 cm³/mol. The summed E-state index contributed by atoms with van der Waals surface area (Å²) in [5, 5.41) is 3.31. The average molecular weight is 345 g/mol. The first-order valence-electron chi connectivity index (χ1n) is 7.50. The van der Waals surface area contributed by atoms with Crippen LogP contribution in [-0.4, -0.2) is 59.0 Å². The lowest BCUT2D eigenvalue weighted by atomic mass is 10.2. The van der Waals surface area contributed by atoms with E-state index in [0.717, 1.165) is 32.0 Å². The van der Waals surface area contributed by atoms with Crippen LogP contribution < -0.4 is 15.0 Å². The van der Waals surface area contributed by atoms with Gasteiger partial charge in [-0.05, 0) is 13.8 Å². The van der Waals surface area contributed by atoms with Crippen LogP contribution in [0.3, 0.4) is 0 Å². The van der Waals surface area contributed by atoms with E-state index in [-0.39, 0.29) is 24.5 Å². The van der Waals surface area contributed by atoms with E-state index in [1.54, 1.807) is 10.9 Å². The Morgan fingerprint density at radius 1 is 1.26 bits per heavy atom. The molecule has 2 aromatic heterocycles. The van der Waals surface area contributed by atoms with E-state index in [1.807, 2.05) is 6.92 Å². The first-order valence-corrected chi connectivity index (χ1v) is 7.50. The van der Waals surface area contributed by atoms with Gasteiger partial charge in [0.25, 0.3) is 0 Å². The van der Waals surface area contributed by atoms with Gasteiger partial charge >= 0.3 is 6.01 Å². The molecule has 23 heavy (non-hydrogen) atoms. The molecule has 2 atom stereocenters. The lowest BCUT2D eigenvalue weighted by Gasteiger charge is -2.28. The number of fused-ring (bicyclic) bond motifs is 1. The number of methoxy groups -OCH3 is 1. The van der Waals surface area contributed by atoms with Crippen molar-refractivity contribution < 1.29 is 9.13 Å². The third kappa shape index (κ3) is 3.32. The molecule has 1 N–H and O–H groups in total. The number of hydrogen-bond donors (Lipinski definition) is 1. The number of nitrogens with zero attached hydrogens (tertiary/aromatic N) is 5. The number of alkyl halides is 1. The van der Waals surface area contributed by atoms with E-state index in [1.165, 1.54) is 14.0 Å². The van der Waals surface area contributed by atoms with Gasteiger partial charge in [-0.1, -0.05) is 0 Å². The zero-order valence-corrected chi connectivity index (χ0v) is 14.3. The predicted octanol–water partition coefficient (Wildman–Crippen LogP) is 1.59. The summed E-state index contributed by atoms with van der Waals surface area (Å²) in [6, 6.07) is -0.0676. The normalized spacial score (nSPS) is 17.7. The van der Waals surface area contributed by atoms with Crippen LogP contribution >= 0.6 is 12.4 Å². The van der Waals surface area contributed by atoms with Crippen molar-refractivity contribution in [1.82, 2.24) is 24.8 Å². The van der Waals surface area contributed by atoms with E-state index in [2.05, 4.69) is 25.2 Å². The third-order valence-corrected chi connectivity index (χ3v) is 4.09. The molecule has 0 saturated carbocycles. The van der Waals surface area contributed by atoms with Crippen molar-refractivity contribution >= 4 is 29.4 Å². The van der Waals surface area contributed by atoms with E-state index in [0.29, 0.717) is 11.2 Å². The highest BCUT2D eigenvalue weighted by atomic mass is 35.5. The van der Waals surface area contributed by atoms with Gasteiger partial charge in [0.15, 0.2) is 17.0 Å². The highest BCUT2D eigenvalue weighted by Gasteiger charge is 2.23. The van der Waals surface area contributed by atoms with Crippen LogP contribution in [0, 0.1) is 0 Å². The molecule has 0 aliphatic carbocycles. The minimum Gasteiger partial charge on any atom is -0.467 e. The van der Waals surface area contributed by atoms with Crippen LogP contribution in [-0.2, 0) is 0 Å². The minimum atomic E-state index is -0.999. The molecular formula is C14H22ClFN6O. The van der Waals surface area contributed by atoms with Gasteiger partial charge in [0.1, 0.15) is 6.17 Å². The third-order valence-electron chi connectivity index (χ3n) is 4.09. The van der Waals surface area contributed by atoms with Crippen LogP contribution in [0.2, 0.25) is 0 Å². The minimum absolute atomic E-state index is 0. The summed E-state index contributed by atoms with van der Waals surface area (Å²) < 4.78 is 20.6. The summed E-state index contributed by atoms with van der Waals surface area (Å²) in [5.74, 6) is 0.751. The Kier molecular flexibility index (Phi) is 5.59. The summed E-state index contributed by atoms with van der Waals surface area (Å²) >= 11 is 0. The molecule has 0 unspecified atom stereocenters. The fourth-order valence-corrected chi connectivity index (χ4v) is 2.59. The van der Waals surface area contributed by atoms with E-state index in [4.69, 9.17) is 4.74 Å². The van der Waals surface area contributed by atoms with Crippen molar-refractivity contribution in [2.45, 2.75) is 26.1 Å². The van der Waals surface area contributed by atoms with Crippen molar-refractivity contribution in [3.8, 4) is 6.01 Å². The topological polar surface area (TPSA) is 68.1 Å². The maximum Gasteiger partial charge on any atom is 0.320 e. The van der Waals surface area contributed by atoms with Crippen molar-refractivity contribution in [3.63, 3.8) is 0 Å². The molecule has 1 saturated heterocycles. The summed E-state index contributed by atoms with van der Waals surface area (Å²) in [6.45, 7) is 6.82. The van der Waals surface area contributed by atoms with Crippen molar-refractivity contribution in [2.75, 3.05) is 38.2 Å². The second-order valence-electron chi connectivity index (χ2n) is 5.51. The van der Waals surface area contributed by atoms with Gasteiger partial charge in [-0.25, -0.2) is 9.37 Å². The molecule has 2 aromatic rings. The van der Waals surface area contributed by atoms with E-state index < -0.39 is 6.17 Å². The number of anilines is 1. The molecule has 0 amide bonds. The maximum atomic E-state index is 13.7. The smallest absolute Gasteiger partial charge is 0.320 e. The number of piperazine rings is 1. The number of aromatic nitrogens is 4. The first-order chi connectivity index (χ1) is 10.6. The molecule has 0 bridgehead atoms. The number of halogens is 2. The highest BCUT2D eigenvalue weighted by molar-refractivity contribution is 5.85. The Hall–Kier alpha value is -1.67. The molecule has 0 spiro atoms. The number of ether oxygens (including phenoxy) is 1. The van der Waals surface area contributed by atoms with E-state index in [9.17, 15) is 4.39 Å². The van der Waals surface area contributed by atoms with Gasteiger partial charge in [0.2, 0.25) is 0 Å². The standard InChI is InChI=1S/C14H21FN6O.ClH/c1-9(15)10(2)21-8-17-11-12(20-6-4-16-5-7-20)18-14(22-3)19-13(11)21;/h8-10,16H,4-7H2,1-3H3;1H/t9-,10+;/m1./s1. The fraction of sp³-hybridized carbons (Fsp3) is 0.643. The Morgan fingerprint density at radius 3 is 2.57 bits per heavy atom. The lowest BCUT2D eigenvalue weighted by Crippen LogP contribution is -2.44. The van der Waals surface area contributed by atoms with Crippen LogP contribution in [0.5, 0.6) is 6.01 Å². The van der Waals surface area contributed by atoms with Gasteiger partial charge in [-0.2, -0.15) is 9.97 Å². The molecule has 7 nitrogen and oxygen atoms in total. The second-order valence-corrected chi connectivity index (χ2v) is 5.51. The summed E-state index contributed by atoms with van der Waals surface area (Å²) in [7, 11) is 1.53. The van der Waals surface area contributed by atoms with Crippen LogP contribution in [0.1, 0.15) is 19.9 Å². The number of hydrogen-bond acceptors (Lipinski definition) is 6. The van der Waals surface area contributed by atoms with Gasteiger partial charge in [0, 0.05) is 26.2 Å². The van der Waals surface area contributed by atoms with Gasteiger partial charge in [-0.15, -0.1) is 12.4 Å². The molecule has 3 heterocycles. The molecule has 1 fully saturated rings. The molecule has 0 radical (unpaired) electrons. The molecule has 128 valence electrons. The van der Waals surface area contributed by atoms with Gasteiger partial charge < -0.3 is 19.5 Å². The Bertz CT molecular complexity index is 658. The molecule has 1 aliphatic heterocycles. The number of imidazole rings is 1. The Balaban J connectivity index is 0.00000192. The van der Waals surface area contributed by atoms with Gasteiger partial charge in [0.05, 0.1) is 19.5 Å². The summed E-state index contributed by atoms with van der Waals surface area (Å²) in [6.07, 6.45) is 0.631. The van der Waals surface area contributed by atoms with Crippen LogP contribution in [0.25, 0.3) is 11.2 Å². The molecule has 9 heteroatoms. The summed E-state index contributed by atoms with van der Waals surface area (Å²) in [5.41, 5.74) is 1.30. The average Bonchev–Trinajstić information content (AvgIpc) is 2.97. The van der Waals surface area contributed by atoms with Crippen LogP contribution in [0.15, 0.2) is 6.33 Å². The van der Waals surface area contributed by atoms with Gasteiger partial charge in [-0.3, -0.25) is 0 Å². The lowest BCUT2D eigenvalue weighted by molar-refractivity contribution is 0.267. The second kappa shape index (κ2) is 7.27. The number of rotatable bonds is 4. The maximum absolute atomic E-state index is 13.7. The first kappa shape index (κ1) is 17.7. The number of nitrogens with one attached hydrogen (secondary N) is 1. The Morgan fingerprint density at radius 2 is 1.96 bits per heavy atom. The largest absolute Gasteiger partial charge is 0.467 e. The monoisotopic (exact) mass is 344 g/mol. The molecule has 3 rings (SSSR count). The zero-order chi connectivity index (χ0) is 15.7. The van der Waals surface area contributed by atoms with Crippen molar-refractivity contribution in [3.05, 3.63) is 6.33 Å². The van der Waals surface area contributed by atoms with Crippen molar-refractivity contribution in [1.29, 1.82) is 0 Å². The molecular weight excluding hydrogens is 323 g/mol. The van der Waals surface area contributed by atoms with E-state index >= 15 is 0 Å². The quantitative estimate of drug-likeness (QED) is 0.908. The molecule has 1 aliphatic rings. The fourth-order valence-electron chi connectivity index (χ4n) is 2.59. The SMILES string of the molecule is COc1nc(N2CCNCC2)c2ncn([C@@H](C)[C@@H](C)F)c2n1.Cl.